The van der Waals surface area contributed by atoms with E-state index in [1.54, 1.807) is 16.8 Å². The Hall–Kier alpha value is -2.54. The number of benzene rings is 1. The normalized spacial score (nSPS) is 15.9. The zero-order chi connectivity index (χ0) is 18.7. The van der Waals surface area contributed by atoms with Gasteiger partial charge in [0.25, 0.3) is 0 Å². The number of nitrogens with zero attached hydrogens (tertiary/aromatic N) is 3. The molecule has 0 saturated carbocycles. The molecule has 0 spiro atoms. The smallest absolute Gasteiger partial charge is 0.339 e. The van der Waals surface area contributed by atoms with Crippen molar-refractivity contribution in [3.05, 3.63) is 58.4 Å². The van der Waals surface area contributed by atoms with E-state index >= 15 is 0 Å². The average Bonchev–Trinajstić information content (AvgIpc) is 2.95. The Balaban J connectivity index is 1.81. The maximum absolute atomic E-state index is 12.0. The number of aromatic amines is 1. The van der Waals surface area contributed by atoms with Gasteiger partial charge in [-0.2, -0.15) is 5.10 Å². The molecule has 136 valence electrons. The second kappa shape index (κ2) is 7.78. The number of hydrogen-bond donors (Lipinski definition) is 1. The van der Waals surface area contributed by atoms with Crippen LogP contribution in [-0.2, 0) is 11.3 Å². The van der Waals surface area contributed by atoms with Crippen LogP contribution in [0.3, 0.4) is 0 Å². The SMILES string of the molecule is COC(=O)c1c(C)[nH]c(C2=NN(C)C(=NCc3ccccc3)SC2)c1C. The highest BCUT2D eigenvalue weighted by molar-refractivity contribution is 8.14. The van der Waals surface area contributed by atoms with Crippen molar-refractivity contribution in [1.82, 2.24) is 9.99 Å². The number of aromatic nitrogens is 1. The molecule has 1 aliphatic rings. The fourth-order valence-electron chi connectivity index (χ4n) is 2.94. The Labute approximate surface area is 157 Å². The minimum atomic E-state index is -0.329. The number of hydrogen-bond acceptors (Lipinski definition) is 5. The van der Waals surface area contributed by atoms with E-state index in [0.29, 0.717) is 17.9 Å². The van der Waals surface area contributed by atoms with Gasteiger partial charge in [-0.3, -0.25) is 4.99 Å². The van der Waals surface area contributed by atoms with Crippen LogP contribution >= 0.6 is 11.8 Å². The van der Waals surface area contributed by atoms with Gasteiger partial charge in [-0.05, 0) is 25.0 Å². The third kappa shape index (κ3) is 3.67. The van der Waals surface area contributed by atoms with Gasteiger partial charge in [0.15, 0.2) is 5.17 Å². The molecule has 0 aliphatic carbocycles. The van der Waals surface area contributed by atoms with Crippen LogP contribution in [0, 0.1) is 13.8 Å². The van der Waals surface area contributed by atoms with Crippen LogP contribution in [0.5, 0.6) is 0 Å². The number of esters is 1. The van der Waals surface area contributed by atoms with Gasteiger partial charge in [0, 0.05) is 18.5 Å². The van der Waals surface area contributed by atoms with Gasteiger partial charge in [-0.25, -0.2) is 9.80 Å². The monoisotopic (exact) mass is 370 g/mol. The van der Waals surface area contributed by atoms with Gasteiger partial charge >= 0.3 is 5.97 Å². The average molecular weight is 370 g/mol. The first kappa shape index (κ1) is 18.3. The van der Waals surface area contributed by atoms with E-state index in [9.17, 15) is 4.79 Å². The van der Waals surface area contributed by atoms with Crippen LogP contribution in [0.2, 0.25) is 0 Å². The molecule has 0 bridgehead atoms. The molecule has 7 heteroatoms. The van der Waals surface area contributed by atoms with Crippen LogP contribution in [0.4, 0.5) is 0 Å². The lowest BCUT2D eigenvalue weighted by molar-refractivity contribution is 0.0599. The van der Waals surface area contributed by atoms with E-state index in [-0.39, 0.29) is 5.97 Å². The van der Waals surface area contributed by atoms with Gasteiger partial charge < -0.3 is 9.72 Å². The number of aliphatic imine (C=N–C) groups is 1. The summed E-state index contributed by atoms with van der Waals surface area (Å²) in [6.07, 6.45) is 0. The van der Waals surface area contributed by atoms with Gasteiger partial charge in [0.1, 0.15) is 0 Å². The summed E-state index contributed by atoms with van der Waals surface area (Å²) in [5.41, 5.74) is 5.19. The minimum absolute atomic E-state index is 0.329. The molecule has 1 N–H and O–H groups in total. The summed E-state index contributed by atoms with van der Waals surface area (Å²) >= 11 is 1.64. The van der Waals surface area contributed by atoms with Crippen LogP contribution in [0.25, 0.3) is 0 Å². The number of ether oxygens (including phenoxy) is 1. The molecule has 2 aromatic rings. The van der Waals surface area contributed by atoms with Crippen molar-refractivity contribution in [3.63, 3.8) is 0 Å². The summed E-state index contributed by atoms with van der Waals surface area (Å²) in [7, 11) is 3.29. The first-order valence-corrected chi connectivity index (χ1v) is 9.30. The lowest BCUT2D eigenvalue weighted by Gasteiger charge is -2.22. The van der Waals surface area contributed by atoms with E-state index in [1.165, 1.54) is 12.7 Å². The maximum Gasteiger partial charge on any atom is 0.339 e. The molecule has 1 aromatic carbocycles. The fourth-order valence-corrected chi connectivity index (χ4v) is 3.79. The van der Waals surface area contributed by atoms with Crippen molar-refractivity contribution in [2.45, 2.75) is 20.4 Å². The summed E-state index contributed by atoms with van der Waals surface area (Å²) in [5, 5.41) is 7.33. The fraction of sp³-hybridized carbons (Fsp3) is 0.316. The molecule has 0 saturated heterocycles. The Bertz CT molecular complexity index is 871. The molecule has 0 amide bonds. The summed E-state index contributed by atoms with van der Waals surface area (Å²) in [5.74, 6) is 0.365. The number of methoxy groups -OCH3 is 1. The second-order valence-corrected chi connectivity index (χ2v) is 7.00. The number of aryl methyl sites for hydroxylation is 1. The lowest BCUT2D eigenvalue weighted by Crippen LogP contribution is -2.28. The predicted molar refractivity (Wildman–Crippen MR) is 106 cm³/mol. The van der Waals surface area contributed by atoms with Gasteiger partial charge in [0.2, 0.25) is 0 Å². The molecular weight excluding hydrogens is 348 g/mol. The highest BCUT2D eigenvalue weighted by Crippen LogP contribution is 2.24. The molecule has 1 aliphatic heterocycles. The van der Waals surface area contributed by atoms with Gasteiger partial charge in [-0.1, -0.05) is 42.1 Å². The first-order chi connectivity index (χ1) is 12.5. The number of thioether (sulfide) groups is 1. The van der Waals surface area contributed by atoms with Gasteiger partial charge in [-0.15, -0.1) is 0 Å². The molecule has 0 radical (unpaired) electrons. The molecule has 0 atom stereocenters. The van der Waals surface area contributed by atoms with Crippen LogP contribution in [0.1, 0.15) is 32.9 Å². The molecule has 26 heavy (non-hydrogen) atoms. The molecular formula is C19H22N4O2S. The molecule has 0 unspecified atom stereocenters. The summed E-state index contributed by atoms with van der Waals surface area (Å²) in [6.45, 7) is 4.42. The number of hydrazone groups is 1. The Morgan fingerprint density at radius 1 is 1.35 bits per heavy atom. The number of H-pyrrole nitrogens is 1. The number of carbonyl (C=O) groups is 1. The van der Waals surface area contributed by atoms with Crippen molar-refractivity contribution in [2.75, 3.05) is 19.9 Å². The maximum atomic E-state index is 12.0. The number of rotatable bonds is 4. The van der Waals surface area contributed by atoms with Crippen LogP contribution in [-0.4, -0.2) is 46.8 Å². The summed E-state index contributed by atoms with van der Waals surface area (Å²) < 4.78 is 4.88. The topological polar surface area (TPSA) is 70.1 Å². The molecule has 6 nitrogen and oxygen atoms in total. The van der Waals surface area contributed by atoms with Crippen LogP contribution < -0.4 is 0 Å². The Morgan fingerprint density at radius 2 is 2.08 bits per heavy atom. The molecule has 3 rings (SSSR count). The highest BCUT2D eigenvalue weighted by Gasteiger charge is 2.24. The number of carbonyl (C=O) groups excluding carboxylic acids is 1. The molecule has 0 fully saturated rings. The van der Waals surface area contributed by atoms with E-state index in [2.05, 4.69) is 27.2 Å². The Morgan fingerprint density at radius 3 is 2.73 bits per heavy atom. The van der Waals surface area contributed by atoms with E-state index < -0.39 is 0 Å². The van der Waals surface area contributed by atoms with Gasteiger partial charge in [0.05, 0.1) is 30.6 Å². The number of amidine groups is 1. The third-order valence-corrected chi connectivity index (χ3v) is 5.31. The van der Waals surface area contributed by atoms with Crippen molar-refractivity contribution in [3.8, 4) is 0 Å². The molecule has 2 heterocycles. The van der Waals surface area contributed by atoms with Crippen molar-refractivity contribution >= 4 is 28.6 Å². The molecule has 1 aromatic heterocycles. The van der Waals surface area contributed by atoms with E-state index in [1.807, 2.05) is 39.1 Å². The van der Waals surface area contributed by atoms with Crippen molar-refractivity contribution in [1.29, 1.82) is 0 Å². The van der Waals surface area contributed by atoms with Crippen molar-refractivity contribution in [2.24, 2.45) is 10.1 Å². The zero-order valence-electron chi connectivity index (χ0n) is 15.4. The Kier molecular flexibility index (Phi) is 5.46. The van der Waals surface area contributed by atoms with E-state index in [0.717, 1.165) is 27.8 Å². The highest BCUT2D eigenvalue weighted by atomic mass is 32.2. The first-order valence-electron chi connectivity index (χ1n) is 8.31. The zero-order valence-corrected chi connectivity index (χ0v) is 16.2. The van der Waals surface area contributed by atoms with Crippen molar-refractivity contribution < 1.29 is 9.53 Å². The lowest BCUT2D eigenvalue weighted by atomic mass is 10.1. The van der Waals surface area contributed by atoms with E-state index in [4.69, 9.17) is 4.74 Å². The van der Waals surface area contributed by atoms with Crippen LogP contribution in [0.15, 0.2) is 40.4 Å². The summed E-state index contributed by atoms with van der Waals surface area (Å²) in [6, 6.07) is 10.1. The number of nitrogens with one attached hydrogen (secondary N) is 1. The quantitative estimate of drug-likeness (QED) is 0.838. The predicted octanol–water partition coefficient (Wildman–Crippen LogP) is 3.36. The third-order valence-electron chi connectivity index (χ3n) is 4.24. The summed E-state index contributed by atoms with van der Waals surface area (Å²) in [4.78, 5) is 19.9. The minimum Gasteiger partial charge on any atom is -0.465 e. The second-order valence-electron chi connectivity index (χ2n) is 6.06. The largest absolute Gasteiger partial charge is 0.465 e. The standard InChI is InChI=1S/C19H22N4O2S/c1-12-16(18(24)25-4)13(2)21-17(12)15-11-26-19(23(3)22-15)20-10-14-8-6-5-7-9-14/h5-9,21H,10-11H2,1-4H3.